The molecule has 0 saturated heterocycles. The van der Waals surface area contributed by atoms with Gasteiger partial charge in [0.05, 0.1) is 12.7 Å². The molecule has 0 bridgehead atoms. The predicted molar refractivity (Wildman–Crippen MR) is 122 cm³/mol. The largest absolute Gasteiger partial charge is 0.496 e. The number of carbonyl (C=O) groups excluding carboxylic acids is 1. The number of rotatable bonds is 5. The average Bonchev–Trinajstić information content (AvgIpc) is 3.25. The molecule has 31 heavy (non-hydrogen) atoms. The first-order chi connectivity index (χ1) is 15.1. The van der Waals surface area contributed by atoms with Gasteiger partial charge in [-0.3, -0.25) is 0 Å². The SMILES string of the molecule is CCc1ccccc1-c1nc(-c2ccccc2OC)n(C(=O)Nc2ccc(C)cc2)n1. The number of anilines is 1. The minimum atomic E-state index is -0.391. The number of benzene rings is 3. The first-order valence-electron chi connectivity index (χ1n) is 10.2. The van der Waals surface area contributed by atoms with Gasteiger partial charge in [0.25, 0.3) is 0 Å². The first kappa shape index (κ1) is 20.3. The summed E-state index contributed by atoms with van der Waals surface area (Å²) in [6.07, 6.45) is 0.838. The zero-order valence-electron chi connectivity index (χ0n) is 17.8. The summed E-state index contributed by atoms with van der Waals surface area (Å²) in [5.74, 6) is 1.54. The lowest BCUT2D eigenvalue weighted by molar-refractivity contribution is 0.251. The molecular weight excluding hydrogens is 388 g/mol. The second kappa shape index (κ2) is 8.83. The van der Waals surface area contributed by atoms with Gasteiger partial charge in [0.2, 0.25) is 0 Å². The van der Waals surface area contributed by atoms with Crippen LogP contribution in [0.1, 0.15) is 18.1 Å². The van der Waals surface area contributed by atoms with Gasteiger partial charge in [-0.2, -0.15) is 4.68 Å². The van der Waals surface area contributed by atoms with Crippen molar-refractivity contribution in [1.82, 2.24) is 14.8 Å². The number of aromatic nitrogens is 3. The monoisotopic (exact) mass is 412 g/mol. The molecule has 1 aromatic heterocycles. The third kappa shape index (κ3) is 4.19. The highest BCUT2D eigenvalue weighted by Crippen LogP contribution is 2.31. The van der Waals surface area contributed by atoms with E-state index in [1.54, 1.807) is 7.11 Å². The molecule has 4 rings (SSSR count). The predicted octanol–water partition coefficient (Wildman–Crippen LogP) is 5.57. The molecule has 1 N–H and O–H groups in total. The van der Waals surface area contributed by atoms with Crippen LogP contribution < -0.4 is 10.1 Å². The fourth-order valence-electron chi connectivity index (χ4n) is 3.43. The van der Waals surface area contributed by atoms with Gasteiger partial charge >= 0.3 is 6.03 Å². The standard InChI is InChI=1S/C25H24N4O2/c1-4-18-9-5-6-10-20(18)23-27-24(21-11-7-8-12-22(21)31-3)29(28-23)25(30)26-19-15-13-17(2)14-16-19/h5-16H,4H2,1-3H3,(H,26,30). The van der Waals surface area contributed by atoms with Gasteiger partial charge in [-0.1, -0.05) is 61.0 Å². The lowest BCUT2D eigenvalue weighted by Gasteiger charge is -2.10. The summed E-state index contributed by atoms with van der Waals surface area (Å²) in [5.41, 5.74) is 4.52. The van der Waals surface area contributed by atoms with E-state index in [2.05, 4.69) is 17.3 Å². The number of nitrogens with zero attached hydrogens (tertiary/aromatic N) is 3. The third-order valence-electron chi connectivity index (χ3n) is 5.09. The topological polar surface area (TPSA) is 69.0 Å². The summed E-state index contributed by atoms with van der Waals surface area (Å²) in [4.78, 5) is 18.0. The van der Waals surface area contributed by atoms with Gasteiger partial charge in [-0.05, 0) is 43.2 Å². The Morgan fingerprint density at radius 2 is 1.65 bits per heavy atom. The highest BCUT2D eigenvalue weighted by molar-refractivity contribution is 5.93. The van der Waals surface area contributed by atoms with Gasteiger partial charge < -0.3 is 10.1 Å². The van der Waals surface area contributed by atoms with Gasteiger partial charge in [0.15, 0.2) is 11.6 Å². The van der Waals surface area contributed by atoms with Crippen LogP contribution in [0.3, 0.4) is 0 Å². The van der Waals surface area contributed by atoms with E-state index in [9.17, 15) is 4.79 Å². The molecule has 4 aromatic rings. The van der Waals surface area contributed by atoms with Crippen LogP contribution in [0.15, 0.2) is 72.8 Å². The van der Waals surface area contributed by atoms with Crippen LogP contribution in [-0.4, -0.2) is 27.9 Å². The smallest absolute Gasteiger partial charge is 0.348 e. The van der Waals surface area contributed by atoms with Crippen molar-refractivity contribution in [3.05, 3.63) is 83.9 Å². The first-order valence-corrected chi connectivity index (χ1v) is 10.2. The fraction of sp³-hybridized carbons (Fsp3) is 0.160. The maximum absolute atomic E-state index is 13.2. The normalized spacial score (nSPS) is 10.7. The van der Waals surface area contributed by atoms with Crippen molar-refractivity contribution in [2.75, 3.05) is 12.4 Å². The minimum Gasteiger partial charge on any atom is -0.496 e. The molecule has 0 unspecified atom stereocenters. The number of hydrogen-bond acceptors (Lipinski definition) is 4. The number of aryl methyl sites for hydroxylation is 2. The van der Waals surface area contributed by atoms with Gasteiger partial charge in [0, 0.05) is 11.3 Å². The summed E-state index contributed by atoms with van der Waals surface area (Å²) in [6, 6.07) is 22.7. The fourth-order valence-corrected chi connectivity index (χ4v) is 3.43. The molecule has 1 heterocycles. The molecule has 0 aliphatic rings. The second-order valence-corrected chi connectivity index (χ2v) is 7.18. The molecule has 0 saturated carbocycles. The lowest BCUT2D eigenvalue weighted by atomic mass is 10.1. The highest BCUT2D eigenvalue weighted by atomic mass is 16.5. The van der Waals surface area contributed by atoms with Crippen LogP contribution in [0.25, 0.3) is 22.8 Å². The van der Waals surface area contributed by atoms with Crippen molar-refractivity contribution in [3.63, 3.8) is 0 Å². The van der Waals surface area contributed by atoms with Crippen molar-refractivity contribution in [1.29, 1.82) is 0 Å². The minimum absolute atomic E-state index is 0.391. The highest BCUT2D eigenvalue weighted by Gasteiger charge is 2.22. The molecule has 6 nitrogen and oxygen atoms in total. The van der Waals surface area contributed by atoms with E-state index in [1.807, 2.05) is 79.7 Å². The Labute approximate surface area is 181 Å². The Balaban J connectivity index is 1.83. The molecule has 0 fully saturated rings. The Bertz CT molecular complexity index is 1210. The van der Waals surface area contributed by atoms with Crippen LogP contribution >= 0.6 is 0 Å². The number of para-hydroxylation sites is 1. The van der Waals surface area contributed by atoms with Crippen LogP contribution in [-0.2, 0) is 6.42 Å². The maximum Gasteiger partial charge on any atom is 0.348 e. The van der Waals surface area contributed by atoms with Gasteiger partial charge in [-0.25, -0.2) is 9.78 Å². The Morgan fingerprint density at radius 3 is 2.35 bits per heavy atom. The van der Waals surface area contributed by atoms with Crippen molar-refractivity contribution < 1.29 is 9.53 Å². The molecule has 0 aliphatic heterocycles. The number of hydrogen-bond donors (Lipinski definition) is 1. The third-order valence-corrected chi connectivity index (χ3v) is 5.09. The molecule has 0 aliphatic carbocycles. The van der Waals surface area contributed by atoms with E-state index in [-0.39, 0.29) is 0 Å². The molecular formula is C25H24N4O2. The summed E-state index contributed by atoms with van der Waals surface area (Å²) < 4.78 is 6.82. The summed E-state index contributed by atoms with van der Waals surface area (Å²) in [6.45, 7) is 4.08. The second-order valence-electron chi connectivity index (χ2n) is 7.18. The number of ether oxygens (including phenoxy) is 1. The molecule has 0 spiro atoms. The Kier molecular flexibility index (Phi) is 5.80. The maximum atomic E-state index is 13.2. The molecule has 6 heteroatoms. The van der Waals surface area contributed by atoms with E-state index in [1.165, 1.54) is 4.68 Å². The van der Waals surface area contributed by atoms with Crippen molar-refractivity contribution >= 4 is 11.7 Å². The zero-order valence-corrected chi connectivity index (χ0v) is 17.8. The van der Waals surface area contributed by atoms with Gasteiger partial charge in [-0.15, -0.1) is 5.10 Å². The average molecular weight is 412 g/mol. The zero-order chi connectivity index (χ0) is 21.8. The number of amides is 1. The lowest BCUT2D eigenvalue weighted by Crippen LogP contribution is -2.22. The number of nitrogens with one attached hydrogen (secondary N) is 1. The summed E-state index contributed by atoms with van der Waals surface area (Å²) in [5, 5.41) is 7.50. The molecule has 0 atom stereocenters. The van der Waals surface area contributed by atoms with E-state index >= 15 is 0 Å². The van der Waals surface area contributed by atoms with E-state index < -0.39 is 6.03 Å². The van der Waals surface area contributed by atoms with E-state index in [0.717, 1.165) is 23.1 Å². The van der Waals surface area contributed by atoms with Crippen molar-refractivity contribution in [2.24, 2.45) is 0 Å². The Hall–Kier alpha value is -3.93. The number of carbonyl (C=O) groups is 1. The van der Waals surface area contributed by atoms with E-state index in [4.69, 9.17) is 9.72 Å². The van der Waals surface area contributed by atoms with E-state index in [0.29, 0.717) is 28.6 Å². The van der Waals surface area contributed by atoms with Crippen LogP contribution in [0.5, 0.6) is 5.75 Å². The summed E-state index contributed by atoms with van der Waals surface area (Å²) >= 11 is 0. The Morgan fingerprint density at radius 1 is 0.968 bits per heavy atom. The summed E-state index contributed by atoms with van der Waals surface area (Å²) in [7, 11) is 1.60. The quantitative estimate of drug-likeness (QED) is 0.465. The number of methoxy groups -OCH3 is 1. The van der Waals surface area contributed by atoms with Crippen molar-refractivity contribution in [2.45, 2.75) is 20.3 Å². The van der Waals surface area contributed by atoms with Crippen LogP contribution in [0.4, 0.5) is 10.5 Å². The molecule has 156 valence electrons. The molecule has 3 aromatic carbocycles. The van der Waals surface area contributed by atoms with Crippen LogP contribution in [0, 0.1) is 6.92 Å². The molecule has 1 amide bonds. The van der Waals surface area contributed by atoms with Crippen LogP contribution in [0.2, 0.25) is 0 Å². The van der Waals surface area contributed by atoms with Gasteiger partial charge in [0.1, 0.15) is 5.75 Å². The van der Waals surface area contributed by atoms with Crippen molar-refractivity contribution in [3.8, 4) is 28.5 Å². The molecule has 0 radical (unpaired) electrons.